The molecule has 128 valence electrons. The second kappa shape index (κ2) is 8.65. The molecule has 3 rings (SSSR count). The summed E-state index contributed by atoms with van der Waals surface area (Å²) in [6, 6.07) is 13.5. The van der Waals surface area contributed by atoms with Crippen molar-refractivity contribution in [3.05, 3.63) is 82.6 Å². The number of benzene rings is 2. The average Bonchev–Trinajstić information content (AvgIpc) is 2.62. The first kappa shape index (κ1) is 18.2. The van der Waals surface area contributed by atoms with E-state index in [0.717, 1.165) is 26.7 Å². The van der Waals surface area contributed by atoms with Gasteiger partial charge in [0, 0.05) is 22.6 Å². The molecule has 0 fully saturated rings. The van der Waals surface area contributed by atoms with Gasteiger partial charge in [0.2, 0.25) is 0 Å². The number of rotatable bonds is 6. The summed E-state index contributed by atoms with van der Waals surface area (Å²) in [4.78, 5) is 8.46. The van der Waals surface area contributed by atoms with Crippen LogP contribution >= 0.6 is 35.1 Å². The van der Waals surface area contributed by atoms with Crippen molar-refractivity contribution in [3.63, 3.8) is 0 Å². The van der Waals surface area contributed by atoms with E-state index in [1.807, 2.05) is 30.3 Å². The van der Waals surface area contributed by atoms with Crippen molar-refractivity contribution in [1.29, 1.82) is 0 Å². The van der Waals surface area contributed by atoms with Crippen molar-refractivity contribution in [2.75, 3.05) is 0 Å². The summed E-state index contributed by atoms with van der Waals surface area (Å²) in [5.41, 5.74) is 1.75. The predicted octanol–water partition coefficient (Wildman–Crippen LogP) is 5.99. The van der Waals surface area contributed by atoms with E-state index < -0.39 is 11.6 Å². The third kappa shape index (κ3) is 5.17. The van der Waals surface area contributed by atoms with Gasteiger partial charge in [0.15, 0.2) is 11.6 Å². The maximum atomic E-state index is 13.2. The lowest BCUT2D eigenvalue weighted by Gasteiger charge is -2.05. The Morgan fingerprint density at radius 1 is 0.840 bits per heavy atom. The predicted molar refractivity (Wildman–Crippen MR) is 99.0 cm³/mol. The van der Waals surface area contributed by atoms with E-state index in [1.54, 1.807) is 17.8 Å². The summed E-state index contributed by atoms with van der Waals surface area (Å²) in [5, 5.41) is 2.35. The van der Waals surface area contributed by atoms with Crippen LogP contribution in [0.1, 0.15) is 11.1 Å². The Morgan fingerprint density at radius 2 is 1.56 bits per heavy atom. The van der Waals surface area contributed by atoms with E-state index >= 15 is 0 Å². The van der Waals surface area contributed by atoms with Crippen LogP contribution in [0.15, 0.2) is 64.9 Å². The fourth-order valence-electron chi connectivity index (χ4n) is 2.03. The van der Waals surface area contributed by atoms with Gasteiger partial charge in [-0.05, 0) is 29.3 Å². The highest BCUT2D eigenvalue weighted by molar-refractivity contribution is 7.99. The quantitative estimate of drug-likeness (QED) is 0.378. The summed E-state index contributed by atoms with van der Waals surface area (Å²) in [6.45, 7) is 0. The molecule has 0 aliphatic heterocycles. The molecule has 3 aromatic rings. The van der Waals surface area contributed by atoms with Crippen LogP contribution in [-0.4, -0.2) is 9.97 Å². The van der Waals surface area contributed by atoms with Crippen molar-refractivity contribution in [2.24, 2.45) is 0 Å². The third-order valence-corrected chi connectivity index (χ3v) is 5.66. The summed E-state index contributed by atoms with van der Waals surface area (Å²) in [6.07, 6.45) is 1.50. The molecule has 0 amide bonds. The smallest absolute Gasteiger partial charge is 0.159 e. The maximum Gasteiger partial charge on any atom is 0.159 e. The van der Waals surface area contributed by atoms with Gasteiger partial charge in [-0.25, -0.2) is 18.7 Å². The monoisotopic (exact) mass is 394 g/mol. The van der Waals surface area contributed by atoms with Crippen molar-refractivity contribution in [2.45, 2.75) is 21.6 Å². The zero-order chi connectivity index (χ0) is 17.6. The molecule has 0 bridgehead atoms. The first-order valence-corrected chi connectivity index (χ1v) is 9.72. The van der Waals surface area contributed by atoms with Crippen LogP contribution in [-0.2, 0) is 11.5 Å². The molecular weight excluding hydrogens is 382 g/mol. The molecular formula is C18H13ClF2N2S2. The van der Waals surface area contributed by atoms with Gasteiger partial charge in [0.25, 0.3) is 0 Å². The van der Waals surface area contributed by atoms with Crippen LogP contribution in [0.5, 0.6) is 0 Å². The minimum absolute atomic E-state index is 0.503. The molecule has 1 heterocycles. The molecule has 0 aliphatic rings. The molecule has 7 heteroatoms. The number of hydrogen-bond acceptors (Lipinski definition) is 4. The molecule has 0 spiro atoms. The lowest BCUT2D eigenvalue weighted by atomic mass is 10.2. The van der Waals surface area contributed by atoms with E-state index in [2.05, 4.69) is 9.97 Å². The van der Waals surface area contributed by atoms with Gasteiger partial charge in [-0.3, -0.25) is 0 Å². The maximum absolute atomic E-state index is 13.2. The van der Waals surface area contributed by atoms with E-state index in [-0.39, 0.29) is 0 Å². The molecule has 1 aromatic heterocycles. The zero-order valence-electron chi connectivity index (χ0n) is 13.0. The van der Waals surface area contributed by atoms with Crippen molar-refractivity contribution >= 4 is 35.1 Å². The van der Waals surface area contributed by atoms with Gasteiger partial charge in [0.1, 0.15) is 16.4 Å². The fraction of sp³-hybridized carbons (Fsp3) is 0.111. The van der Waals surface area contributed by atoms with E-state index in [4.69, 9.17) is 11.6 Å². The standard InChI is InChI=1S/C18H13ClF2N2S2/c19-14-4-2-1-3-13(14)10-25-18-8-17(22-11-23-18)24-9-12-5-6-15(20)16(21)7-12/h1-8,11H,9-10H2. The minimum Gasteiger partial charge on any atom is -0.230 e. The first-order chi connectivity index (χ1) is 12.1. The molecule has 2 nitrogen and oxygen atoms in total. The topological polar surface area (TPSA) is 25.8 Å². The molecule has 0 aliphatic carbocycles. The largest absolute Gasteiger partial charge is 0.230 e. The Kier molecular flexibility index (Phi) is 6.29. The molecule has 0 unspecified atom stereocenters. The molecule has 2 aromatic carbocycles. The average molecular weight is 395 g/mol. The van der Waals surface area contributed by atoms with E-state index in [0.29, 0.717) is 17.1 Å². The lowest BCUT2D eigenvalue weighted by Crippen LogP contribution is -1.90. The van der Waals surface area contributed by atoms with Crippen LogP contribution in [0.3, 0.4) is 0 Å². The molecule has 0 saturated carbocycles. The van der Waals surface area contributed by atoms with Crippen LogP contribution in [0.4, 0.5) is 8.78 Å². The Hall–Kier alpha value is -1.63. The van der Waals surface area contributed by atoms with Gasteiger partial charge < -0.3 is 0 Å². The molecule has 25 heavy (non-hydrogen) atoms. The minimum atomic E-state index is -0.839. The Balaban J connectivity index is 1.61. The second-order valence-corrected chi connectivity index (χ2v) is 7.51. The number of nitrogens with zero attached hydrogens (tertiary/aromatic N) is 2. The van der Waals surface area contributed by atoms with Crippen LogP contribution in [0, 0.1) is 11.6 Å². The number of hydrogen-bond donors (Lipinski definition) is 0. The number of halogens is 3. The van der Waals surface area contributed by atoms with E-state index in [9.17, 15) is 8.78 Å². The van der Waals surface area contributed by atoms with Gasteiger partial charge in [-0.15, -0.1) is 23.5 Å². The Morgan fingerprint density at radius 3 is 2.28 bits per heavy atom. The van der Waals surface area contributed by atoms with Crippen LogP contribution in [0.2, 0.25) is 5.02 Å². The van der Waals surface area contributed by atoms with Crippen LogP contribution < -0.4 is 0 Å². The second-order valence-electron chi connectivity index (χ2n) is 5.11. The normalized spacial score (nSPS) is 10.8. The Labute approximate surface area is 158 Å². The summed E-state index contributed by atoms with van der Waals surface area (Å²) >= 11 is 9.17. The van der Waals surface area contributed by atoms with Crippen molar-refractivity contribution in [3.8, 4) is 0 Å². The highest BCUT2D eigenvalue weighted by Crippen LogP contribution is 2.28. The van der Waals surface area contributed by atoms with E-state index in [1.165, 1.54) is 24.2 Å². The van der Waals surface area contributed by atoms with Gasteiger partial charge >= 0.3 is 0 Å². The number of thioether (sulfide) groups is 2. The van der Waals surface area contributed by atoms with Gasteiger partial charge in [-0.2, -0.15) is 0 Å². The van der Waals surface area contributed by atoms with Crippen molar-refractivity contribution < 1.29 is 8.78 Å². The van der Waals surface area contributed by atoms with Gasteiger partial charge in [0.05, 0.1) is 0 Å². The molecule has 0 atom stereocenters. The Bertz CT molecular complexity index is 877. The van der Waals surface area contributed by atoms with Gasteiger partial charge in [-0.1, -0.05) is 35.9 Å². The number of aromatic nitrogens is 2. The fourth-order valence-corrected chi connectivity index (χ4v) is 4.07. The molecule has 0 radical (unpaired) electrons. The molecule has 0 N–H and O–H groups in total. The van der Waals surface area contributed by atoms with Crippen molar-refractivity contribution in [1.82, 2.24) is 9.97 Å². The van der Waals surface area contributed by atoms with Crippen LogP contribution in [0.25, 0.3) is 0 Å². The SMILES string of the molecule is Fc1ccc(CSc2cc(SCc3ccccc3Cl)ncn2)cc1F. The summed E-state index contributed by atoms with van der Waals surface area (Å²) < 4.78 is 26.2. The highest BCUT2D eigenvalue weighted by Gasteiger charge is 2.06. The summed E-state index contributed by atoms with van der Waals surface area (Å²) in [7, 11) is 0. The lowest BCUT2D eigenvalue weighted by molar-refractivity contribution is 0.507. The first-order valence-electron chi connectivity index (χ1n) is 7.37. The summed E-state index contributed by atoms with van der Waals surface area (Å²) in [5.74, 6) is -0.460. The third-order valence-electron chi connectivity index (χ3n) is 3.32. The zero-order valence-corrected chi connectivity index (χ0v) is 15.3. The molecule has 0 saturated heterocycles. The highest BCUT2D eigenvalue weighted by atomic mass is 35.5.